The number of anilines is 4. The molecule has 3 rings (SSSR count). The molecule has 5 heteroatoms. The Morgan fingerprint density at radius 3 is 2.26 bits per heavy atom. The van der Waals surface area contributed by atoms with Gasteiger partial charge in [0, 0.05) is 30.4 Å². The number of hydrogen-bond acceptors (Lipinski definition) is 4. The van der Waals surface area contributed by atoms with E-state index in [4.69, 9.17) is 0 Å². The fourth-order valence-corrected chi connectivity index (χ4v) is 3.50. The Labute approximate surface area is 162 Å². The number of aromatic nitrogens is 1. The number of nitrogens with one attached hydrogen (secondary N) is 2. The minimum absolute atomic E-state index is 0.0567. The van der Waals surface area contributed by atoms with E-state index in [1.807, 2.05) is 26.0 Å². The minimum Gasteiger partial charge on any atom is -0.372 e. The van der Waals surface area contributed by atoms with Gasteiger partial charge >= 0.3 is 0 Å². The van der Waals surface area contributed by atoms with Gasteiger partial charge < -0.3 is 15.5 Å². The van der Waals surface area contributed by atoms with Crippen LogP contribution in [0.2, 0.25) is 0 Å². The summed E-state index contributed by atoms with van der Waals surface area (Å²) < 4.78 is 0. The maximum absolute atomic E-state index is 12.2. The Bertz CT molecular complexity index is 717. The van der Waals surface area contributed by atoms with Crippen molar-refractivity contribution in [3.8, 4) is 0 Å². The standard InChI is InChI=1S/C22H30N4O/c1-3-17(4-2)22(27)25-19-10-13-21(23-16-19)24-18-8-11-20(12-9-18)26-14-6-5-7-15-26/h8-13,16-17H,3-7,14-15H2,1-2H3,(H,23,24)(H,25,27). The van der Waals surface area contributed by atoms with Crippen molar-refractivity contribution < 1.29 is 4.79 Å². The molecule has 0 bridgehead atoms. The molecule has 1 saturated heterocycles. The first-order chi connectivity index (χ1) is 13.2. The van der Waals surface area contributed by atoms with Crippen LogP contribution in [0, 0.1) is 5.92 Å². The lowest BCUT2D eigenvalue weighted by Crippen LogP contribution is -2.29. The topological polar surface area (TPSA) is 57.3 Å². The van der Waals surface area contributed by atoms with Crippen LogP contribution in [0.25, 0.3) is 0 Å². The van der Waals surface area contributed by atoms with E-state index in [0.717, 1.165) is 43.1 Å². The molecule has 2 N–H and O–H groups in total. The molecule has 1 fully saturated rings. The molecule has 5 nitrogen and oxygen atoms in total. The number of piperidine rings is 1. The number of hydrogen-bond donors (Lipinski definition) is 2. The molecular formula is C22H30N4O. The van der Waals surface area contributed by atoms with Crippen LogP contribution in [0.3, 0.4) is 0 Å². The SMILES string of the molecule is CCC(CC)C(=O)Nc1ccc(Nc2ccc(N3CCCCC3)cc2)nc1. The van der Waals surface area contributed by atoms with Gasteiger partial charge in [0.1, 0.15) is 5.82 Å². The third kappa shape index (κ3) is 5.22. The molecule has 0 aliphatic carbocycles. The quantitative estimate of drug-likeness (QED) is 0.708. The van der Waals surface area contributed by atoms with Crippen molar-refractivity contribution in [2.45, 2.75) is 46.0 Å². The molecule has 0 atom stereocenters. The second-order valence-corrected chi connectivity index (χ2v) is 7.15. The van der Waals surface area contributed by atoms with Crippen LogP contribution in [0.5, 0.6) is 0 Å². The maximum Gasteiger partial charge on any atom is 0.227 e. The lowest BCUT2D eigenvalue weighted by atomic mass is 10.0. The zero-order valence-electron chi connectivity index (χ0n) is 16.4. The van der Waals surface area contributed by atoms with Crippen LogP contribution in [-0.2, 0) is 4.79 Å². The van der Waals surface area contributed by atoms with Gasteiger partial charge in [0.15, 0.2) is 0 Å². The van der Waals surface area contributed by atoms with E-state index in [1.54, 1.807) is 6.20 Å². The lowest BCUT2D eigenvalue weighted by Gasteiger charge is -2.28. The molecule has 1 aliphatic rings. The van der Waals surface area contributed by atoms with Crippen molar-refractivity contribution in [3.05, 3.63) is 42.6 Å². The number of benzene rings is 1. The van der Waals surface area contributed by atoms with E-state index < -0.39 is 0 Å². The molecule has 0 saturated carbocycles. The first-order valence-corrected chi connectivity index (χ1v) is 10.1. The van der Waals surface area contributed by atoms with Gasteiger partial charge in [-0.3, -0.25) is 4.79 Å². The lowest BCUT2D eigenvalue weighted by molar-refractivity contribution is -0.120. The summed E-state index contributed by atoms with van der Waals surface area (Å²) in [5, 5.41) is 6.26. The summed E-state index contributed by atoms with van der Waals surface area (Å²) in [7, 11) is 0. The molecule has 27 heavy (non-hydrogen) atoms. The Hall–Kier alpha value is -2.56. The van der Waals surface area contributed by atoms with Gasteiger partial charge in [-0.15, -0.1) is 0 Å². The Kier molecular flexibility index (Phi) is 6.69. The molecular weight excluding hydrogens is 336 g/mol. The first-order valence-electron chi connectivity index (χ1n) is 10.1. The van der Waals surface area contributed by atoms with E-state index in [0.29, 0.717) is 0 Å². The van der Waals surface area contributed by atoms with Gasteiger partial charge in [-0.1, -0.05) is 13.8 Å². The molecule has 1 aliphatic heterocycles. The highest BCUT2D eigenvalue weighted by molar-refractivity contribution is 5.92. The average molecular weight is 367 g/mol. The summed E-state index contributed by atoms with van der Waals surface area (Å²) in [5.41, 5.74) is 3.03. The predicted octanol–water partition coefficient (Wildman–Crippen LogP) is 5.19. The zero-order chi connectivity index (χ0) is 19.1. The highest BCUT2D eigenvalue weighted by Crippen LogP contribution is 2.23. The van der Waals surface area contributed by atoms with Gasteiger partial charge in [-0.25, -0.2) is 4.98 Å². The largest absolute Gasteiger partial charge is 0.372 e. The van der Waals surface area contributed by atoms with Gasteiger partial charge in [0.05, 0.1) is 11.9 Å². The zero-order valence-corrected chi connectivity index (χ0v) is 16.4. The molecule has 1 amide bonds. The van der Waals surface area contributed by atoms with E-state index in [2.05, 4.69) is 44.8 Å². The van der Waals surface area contributed by atoms with Crippen LogP contribution in [0.15, 0.2) is 42.6 Å². The van der Waals surface area contributed by atoms with Crippen LogP contribution >= 0.6 is 0 Å². The summed E-state index contributed by atoms with van der Waals surface area (Å²) in [6.45, 7) is 6.38. The van der Waals surface area contributed by atoms with Crippen molar-refractivity contribution in [3.63, 3.8) is 0 Å². The van der Waals surface area contributed by atoms with Crippen molar-refractivity contribution in [2.75, 3.05) is 28.6 Å². The maximum atomic E-state index is 12.2. The summed E-state index contributed by atoms with van der Waals surface area (Å²) in [6, 6.07) is 12.3. The van der Waals surface area contributed by atoms with Crippen LogP contribution in [-0.4, -0.2) is 24.0 Å². The molecule has 0 radical (unpaired) electrons. The van der Waals surface area contributed by atoms with Crippen LogP contribution < -0.4 is 15.5 Å². The summed E-state index contributed by atoms with van der Waals surface area (Å²) in [5.74, 6) is 0.887. The molecule has 1 aromatic carbocycles. The van der Waals surface area contributed by atoms with E-state index in [9.17, 15) is 4.79 Å². The molecule has 0 spiro atoms. The smallest absolute Gasteiger partial charge is 0.227 e. The normalized spacial score (nSPS) is 14.3. The van der Waals surface area contributed by atoms with Crippen LogP contribution in [0.1, 0.15) is 46.0 Å². The van der Waals surface area contributed by atoms with Crippen molar-refractivity contribution in [1.82, 2.24) is 4.98 Å². The minimum atomic E-state index is 0.0567. The third-order valence-electron chi connectivity index (χ3n) is 5.25. The summed E-state index contributed by atoms with van der Waals surface area (Å²) >= 11 is 0. The fourth-order valence-electron chi connectivity index (χ4n) is 3.50. The van der Waals surface area contributed by atoms with Crippen molar-refractivity contribution in [2.24, 2.45) is 5.92 Å². The molecule has 2 aromatic rings. The second-order valence-electron chi connectivity index (χ2n) is 7.15. The monoisotopic (exact) mass is 366 g/mol. The fraction of sp³-hybridized carbons (Fsp3) is 0.455. The second kappa shape index (κ2) is 9.40. The Morgan fingerprint density at radius 1 is 1.00 bits per heavy atom. The molecule has 2 heterocycles. The third-order valence-corrected chi connectivity index (χ3v) is 5.25. The average Bonchev–Trinajstić information content (AvgIpc) is 2.72. The van der Waals surface area contributed by atoms with Gasteiger partial charge in [-0.05, 0) is 68.5 Å². The number of carbonyl (C=O) groups is 1. The number of rotatable bonds is 7. The number of pyridine rings is 1. The van der Waals surface area contributed by atoms with Gasteiger partial charge in [-0.2, -0.15) is 0 Å². The Balaban J connectivity index is 1.57. The van der Waals surface area contributed by atoms with Gasteiger partial charge in [0.2, 0.25) is 5.91 Å². The summed E-state index contributed by atoms with van der Waals surface area (Å²) in [6.07, 6.45) is 7.31. The number of nitrogens with zero attached hydrogens (tertiary/aromatic N) is 2. The first kappa shape index (κ1) is 19.2. The van der Waals surface area contributed by atoms with E-state index in [-0.39, 0.29) is 11.8 Å². The van der Waals surface area contributed by atoms with Crippen LogP contribution in [0.4, 0.5) is 22.9 Å². The van der Waals surface area contributed by atoms with Gasteiger partial charge in [0.25, 0.3) is 0 Å². The van der Waals surface area contributed by atoms with E-state index in [1.165, 1.54) is 24.9 Å². The van der Waals surface area contributed by atoms with Crippen molar-refractivity contribution in [1.29, 1.82) is 0 Å². The number of carbonyl (C=O) groups excluding carboxylic acids is 1. The summed E-state index contributed by atoms with van der Waals surface area (Å²) in [4.78, 5) is 19.0. The predicted molar refractivity (Wildman–Crippen MR) is 113 cm³/mol. The number of amides is 1. The molecule has 144 valence electrons. The Morgan fingerprint density at radius 2 is 1.67 bits per heavy atom. The molecule has 1 aromatic heterocycles. The highest BCUT2D eigenvalue weighted by atomic mass is 16.1. The highest BCUT2D eigenvalue weighted by Gasteiger charge is 2.14. The van der Waals surface area contributed by atoms with Crippen molar-refractivity contribution >= 4 is 28.8 Å². The van der Waals surface area contributed by atoms with E-state index >= 15 is 0 Å². The molecule has 0 unspecified atom stereocenters.